The van der Waals surface area contributed by atoms with Crippen LogP contribution in [0.5, 0.6) is 0 Å². The number of para-hydroxylation sites is 1. The predicted molar refractivity (Wildman–Crippen MR) is 138 cm³/mol. The van der Waals surface area contributed by atoms with Crippen LogP contribution < -0.4 is 9.62 Å². The lowest BCUT2D eigenvalue weighted by Crippen LogP contribution is -2.39. The maximum absolute atomic E-state index is 13.8. The molecule has 2 N–H and O–H groups in total. The first-order valence-electron chi connectivity index (χ1n) is 10.9. The van der Waals surface area contributed by atoms with E-state index in [4.69, 9.17) is 16.7 Å². The lowest BCUT2D eigenvalue weighted by molar-refractivity contribution is -0.137. The number of rotatable bonds is 9. The Kier molecular flexibility index (Phi) is 11.0. The number of alkyl halides is 4. The van der Waals surface area contributed by atoms with Gasteiger partial charge in [-0.05, 0) is 23.8 Å². The number of amides is 2. The van der Waals surface area contributed by atoms with Crippen molar-refractivity contribution in [1.82, 2.24) is 10.2 Å². The van der Waals surface area contributed by atoms with Gasteiger partial charge in [0.25, 0.3) is 10.0 Å². The number of hydrogen-bond donors (Lipinski definition) is 2. The first-order chi connectivity index (χ1) is 17.7. The molecule has 0 fully saturated rings. The molecule has 1 aliphatic rings. The van der Waals surface area contributed by atoms with Gasteiger partial charge >= 0.3 is 12.1 Å². The third-order valence-electron chi connectivity index (χ3n) is 5.15. The number of carbonyl (C=O) groups excluding carboxylic acids is 2. The van der Waals surface area contributed by atoms with Gasteiger partial charge in [-0.2, -0.15) is 13.2 Å². The quantitative estimate of drug-likeness (QED) is 0.316. The number of sulfonamides is 1. The van der Waals surface area contributed by atoms with Crippen LogP contribution in [0.4, 0.5) is 18.9 Å². The van der Waals surface area contributed by atoms with Gasteiger partial charge in [-0.1, -0.05) is 51.8 Å². The number of nitrogens with zero attached hydrogens (tertiary/aromatic N) is 2. The summed E-state index contributed by atoms with van der Waals surface area (Å²) in [5.74, 6) is -1.38. The van der Waals surface area contributed by atoms with E-state index in [-0.39, 0.29) is 54.1 Å². The van der Waals surface area contributed by atoms with Crippen molar-refractivity contribution in [3.05, 3.63) is 58.6 Å². The molecule has 0 saturated carbocycles. The number of benzene rings is 2. The molecule has 0 spiro atoms. The topological polar surface area (TPSA) is 124 Å². The Morgan fingerprint density at radius 3 is 2.42 bits per heavy atom. The monoisotopic (exact) mass is 641 g/mol. The highest BCUT2D eigenvalue weighted by molar-refractivity contribution is 9.09. The minimum atomic E-state index is -4.14. The second-order valence-corrected chi connectivity index (χ2v) is 10.8. The van der Waals surface area contributed by atoms with Crippen molar-refractivity contribution in [3.63, 3.8) is 0 Å². The van der Waals surface area contributed by atoms with Gasteiger partial charge in [0.15, 0.2) is 0 Å². The molecule has 0 saturated heterocycles. The van der Waals surface area contributed by atoms with Gasteiger partial charge in [-0.3, -0.25) is 18.7 Å². The molecule has 3 rings (SSSR count). The predicted octanol–water partition coefficient (Wildman–Crippen LogP) is 3.95. The van der Waals surface area contributed by atoms with Crippen molar-refractivity contribution >= 4 is 61.5 Å². The summed E-state index contributed by atoms with van der Waals surface area (Å²) in [5, 5.41) is 12.0. The van der Waals surface area contributed by atoms with Gasteiger partial charge in [0, 0.05) is 30.6 Å². The summed E-state index contributed by atoms with van der Waals surface area (Å²) < 4.78 is 59.7. The normalized spacial score (nSPS) is 15.6. The molecule has 2 aromatic rings. The summed E-state index contributed by atoms with van der Waals surface area (Å²) in [6, 6.07) is 10.2. The van der Waals surface area contributed by atoms with Crippen LogP contribution in [0, 0.1) is 0 Å². The fourth-order valence-electron chi connectivity index (χ4n) is 3.73. The van der Waals surface area contributed by atoms with Crippen molar-refractivity contribution < 1.29 is 41.1 Å². The first-order valence-corrected chi connectivity index (χ1v) is 13.9. The molecular weight excluding hydrogens is 619 g/mol. The third kappa shape index (κ3) is 8.33. The van der Waals surface area contributed by atoms with Crippen LogP contribution in [0.3, 0.4) is 0 Å². The van der Waals surface area contributed by atoms with E-state index in [1.807, 2.05) is 0 Å². The fraction of sp³-hybridized carbons (Fsp3) is 0.348. The maximum Gasteiger partial charge on any atom is 0.386 e. The fourth-order valence-corrected chi connectivity index (χ4v) is 5.91. The molecule has 0 aliphatic carbocycles. The molecule has 1 heterocycles. The number of nitrogens with one attached hydrogen (secondary N) is 1. The van der Waals surface area contributed by atoms with Crippen molar-refractivity contribution in [2.45, 2.75) is 30.5 Å². The average molecular weight is 643 g/mol. The Morgan fingerprint density at radius 1 is 1.21 bits per heavy atom. The highest BCUT2D eigenvalue weighted by Crippen LogP contribution is 2.43. The Labute approximate surface area is 230 Å². The lowest BCUT2D eigenvalue weighted by Gasteiger charge is -2.30. The third-order valence-corrected chi connectivity index (χ3v) is 7.76. The Bertz CT molecular complexity index is 1270. The van der Waals surface area contributed by atoms with Crippen molar-refractivity contribution in [3.8, 4) is 0 Å². The number of halogens is 5. The number of aliphatic carboxylic acids is 1. The van der Waals surface area contributed by atoms with Crippen LogP contribution >= 0.6 is 27.5 Å². The van der Waals surface area contributed by atoms with Gasteiger partial charge in [0.1, 0.15) is 0 Å². The van der Waals surface area contributed by atoms with E-state index < -0.39 is 28.2 Å². The summed E-state index contributed by atoms with van der Waals surface area (Å²) in [6.07, 6.45) is -3.79. The molecule has 1 aliphatic heterocycles. The van der Waals surface area contributed by atoms with Crippen LogP contribution in [0.15, 0.2) is 47.4 Å². The zero-order valence-corrected chi connectivity index (χ0v) is 23.1. The second kappa shape index (κ2) is 13.3. The summed E-state index contributed by atoms with van der Waals surface area (Å²) in [6.45, 7) is 0.0518. The molecule has 1 atom stereocenters. The first kappa shape index (κ1) is 31.4. The molecule has 2 aromatic carbocycles. The van der Waals surface area contributed by atoms with Crippen molar-refractivity contribution in [2.24, 2.45) is 0 Å². The zero-order valence-electron chi connectivity index (χ0n) is 19.9. The maximum atomic E-state index is 13.8. The molecule has 38 heavy (non-hydrogen) atoms. The average Bonchev–Trinajstić information content (AvgIpc) is 2.90. The number of fused-ring (bicyclic) bond motifs is 2. The van der Waals surface area contributed by atoms with Crippen LogP contribution in [0.25, 0.3) is 0 Å². The smallest absolute Gasteiger partial charge is 0.386 e. The van der Waals surface area contributed by atoms with Crippen molar-refractivity contribution in [2.75, 3.05) is 29.3 Å². The molecule has 15 heteroatoms. The lowest BCUT2D eigenvalue weighted by atomic mass is 9.95. The number of carboxylic acid groups (broad SMARTS) is 1. The van der Waals surface area contributed by atoms with E-state index in [9.17, 15) is 36.0 Å². The van der Waals surface area contributed by atoms with Crippen LogP contribution in [-0.2, 0) is 24.4 Å². The molecule has 1 unspecified atom stereocenters. The van der Waals surface area contributed by atoms with E-state index >= 15 is 0 Å². The van der Waals surface area contributed by atoms with Crippen molar-refractivity contribution in [1.29, 1.82) is 0 Å². The highest BCUT2D eigenvalue weighted by Gasteiger charge is 2.39. The Balaban J connectivity index is 0.000000926. The van der Waals surface area contributed by atoms with Gasteiger partial charge < -0.3 is 15.3 Å². The molecule has 0 bridgehead atoms. The summed E-state index contributed by atoms with van der Waals surface area (Å²) in [4.78, 5) is 36.0. The molecule has 0 aromatic heterocycles. The standard InChI is InChI=1S/C21H21BrClN3O6S.C2H3F3/c22-12-19(28)24-8-10-26-17-4-2-1-3-15(17)21(25(13-27)9-7-20(29)30)16-6-5-14(23)11-18(16)33(26,31)32;1-2(3,4)5/h1-6,11,13,21H,7-10,12H2,(H,24,28)(H,29,30);1H3. The van der Waals surface area contributed by atoms with E-state index in [0.29, 0.717) is 23.2 Å². The number of hydrogen-bond acceptors (Lipinski definition) is 5. The highest BCUT2D eigenvalue weighted by atomic mass is 79.9. The molecule has 0 radical (unpaired) electrons. The summed E-state index contributed by atoms with van der Waals surface area (Å²) in [7, 11) is -4.14. The van der Waals surface area contributed by atoms with Crippen LogP contribution in [0.2, 0.25) is 5.02 Å². The van der Waals surface area contributed by atoms with Crippen LogP contribution in [-0.4, -0.2) is 67.9 Å². The largest absolute Gasteiger partial charge is 0.481 e. The summed E-state index contributed by atoms with van der Waals surface area (Å²) >= 11 is 9.19. The van der Waals surface area contributed by atoms with E-state index in [1.165, 1.54) is 27.4 Å². The minimum Gasteiger partial charge on any atom is -0.481 e. The molecule has 9 nitrogen and oxygen atoms in total. The zero-order chi connectivity index (χ0) is 28.7. The molecular formula is C23H24BrClF3N3O6S. The second-order valence-electron chi connectivity index (χ2n) is 7.97. The summed E-state index contributed by atoms with van der Waals surface area (Å²) in [5.41, 5.74) is 1.13. The van der Waals surface area contributed by atoms with E-state index in [0.717, 1.165) is 0 Å². The van der Waals surface area contributed by atoms with Gasteiger partial charge in [-0.25, -0.2) is 8.42 Å². The van der Waals surface area contributed by atoms with E-state index in [1.54, 1.807) is 24.3 Å². The van der Waals surface area contributed by atoms with Gasteiger partial charge in [0.2, 0.25) is 12.3 Å². The molecule has 2 amide bonds. The Morgan fingerprint density at radius 2 is 1.84 bits per heavy atom. The number of carbonyl (C=O) groups is 3. The van der Waals surface area contributed by atoms with Gasteiger partial charge in [0.05, 0.1) is 34.9 Å². The SMILES string of the molecule is CC(F)(F)F.O=CN(CCC(=O)O)C1c2ccccc2N(CCNC(=O)CBr)S(=O)(=O)c2cc(Cl)ccc21. The molecule has 208 valence electrons. The van der Waals surface area contributed by atoms with Gasteiger partial charge in [-0.15, -0.1) is 0 Å². The number of carboxylic acids is 1. The van der Waals surface area contributed by atoms with E-state index in [2.05, 4.69) is 21.2 Å². The minimum absolute atomic E-state index is 0.0506. The number of anilines is 1. The van der Waals surface area contributed by atoms with Crippen LogP contribution in [0.1, 0.15) is 30.5 Å². The Hall–Kier alpha value is -2.84.